The molecule has 0 bridgehead atoms. The Bertz CT molecular complexity index is 424. The first-order chi connectivity index (χ1) is 9.65. The van der Waals surface area contributed by atoms with Gasteiger partial charge in [-0.25, -0.2) is 0 Å². The zero-order chi connectivity index (χ0) is 14.5. The first-order valence-corrected chi connectivity index (χ1v) is 7.33. The van der Waals surface area contributed by atoms with Crippen molar-refractivity contribution >= 4 is 0 Å². The lowest BCUT2D eigenvalue weighted by molar-refractivity contribution is 0.0895. The summed E-state index contributed by atoms with van der Waals surface area (Å²) in [5, 5.41) is 3.50. The Kier molecular flexibility index (Phi) is 5.40. The molecular weight excluding hydrogens is 250 g/mol. The molecule has 4 heteroatoms. The molecule has 1 aromatic carbocycles. The monoisotopic (exact) mass is 277 g/mol. The predicted molar refractivity (Wildman–Crippen MR) is 83.5 cm³/mol. The number of hydrogen-bond donors (Lipinski definition) is 1. The van der Waals surface area contributed by atoms with Crippen LogP contribution in [0, 0.1) is 0 Å². The molecule has 1 aromatic rings. The van der Waals surface area contributed by atoms with Gasteiger partial charge in [-0.2, -0.15) is 0 Å². The lowest BCUT2D eigenvalue weighted by Crippen LogP contribution is -2.58. The molecule has 20 heavy (non-hydrogen) atoms. The second-order valence-corrected chi connectivity index (χ2v) is 5.72. The molecule has 4 nitrogen and oxygen atoms in total. The van der Waals surface area contributed by atoms with Crippen molar-refractivity contribution in [3.05, 3.63) is 29.8 Å². The SMILES string of the molecule is CNC(Cc1ccccc1OC)C1CN(C)CCN1C. The molecule has 0 amide bonds. The standard InChI is InChI=1S/C16H27N3O/c1-17-14(15-12-18(2)9-10-19(15)3)11-13-7-5-6-8-16(13)20-4/h5-8,14-15,17H,9-12H2,1-4H3. The van der Waals surface area contributed by atoms with Crippen molar-refractivity contribution in [2.24, 2.45) is 0 Å². The molecule has 0 spiro atoms. The summed E-state index contributed by atoms with van der Waals surface area (Å²) in [6.45, 7) is 3.39. The van der Waals surface area contributed by atoms with Crippen LogP contribution in [0.25, 0.3) is 0 Å². The summed E-state index contributed by atoms with van der Waals surface area (Å²) in [7, 11) is 8.23. The summed E-state index contributed by atoms with van der Waals surface area (Å²) in [5.41, 5.74) is 1.27. The van der Waals surface area contributed by atoms with E-state index in [-0.39, 0.29) is 0 Å². The molecule has 1 heterocycles. The predicted octanol–water partition coefficient (Wildman–Crippen LogP) is 1.07. The van der Waals surface area contributed by atoms with Gasteiger partial charge in [0, 0.05) is 31.7 Å². The van der Waals surface area contributed by atoms with E-state index in [4.69, 9.17) is 4.74 Å². The number of ether oxygens (including phenoxy) is 1. The maximum Gasteiger partial charge on any atom is 0.122 e. The molecular formula is C16H27N3O. The largest absolute Gasteiger partial charge is 0.496 e. The summed E-state index contributed by atoms with van der Waals surface area (Å²) in [4.78, 5) is 4.88. The number of nitrogens with zero attached hydrogens (tertiary/aromatic N) is 2. The molecule has 1 aliphatic rings. The number of nitrogens with one attached hydrogen (secondary N) is 1. The fourth-order valence-corrected chi connectivity index (χ4v) is 3.02. The van der Waals surface area contributed by atoms with Gasteiger partial charge in [0.25, 0.3) is 0 Å². The summed E-state index contributed by atoms with van der Waals surface area (Å²) in [6, 6.07) is 9.27. The van der Waals surface area contributed by atoms with Gasteiger partial charge in [0.05, 0.1) is 7.11 Å². The average Bonchev–Trinajstić information content (AvgIpc) is 2.48. The smallest absolute Gasteiger partial charge is 0.122 e. The maximum absolute atomic E-state index is 5.47. The molecule has 1 N–H and O–H groups in total. The van der Waals surface area contributed by atoms with Crippen molar-refractivity contribution in [1.29, 1.82) is 0 Å². The van der Waals surface area contributed by atoms with Crippen molar-refractivity contribution in [2.75, 3.05) is 47.9 Å². The van der Waals surface area contributed by atoms with Crippen LogP contribution < -0.4 is 10.1 Å². The number of hydrogen-bond acceptors (Lipinski definition) is 4. The zero-order valence-corrected chi connectivity index (χ0v) is 13.1. The summed E-state index contributed by atoms with van der Waals surface area (Å²) < 4.78 is 5.47. The van der Waals surface area contributed by atoms with Gasteiger partial charge in [-0.15, -0.1) is 0 Å². The second kappa shape index (κ2) is 7.07. The molecule has 2 rings (SSSR count). The van der Waals surface area contributed by atoms with Gasteiger partial charge in [-0.3, -0.25) is 4.90 Å². The van der Waals surface area contributed by atoms with Gasteiger partial charge in [0.15, 0.2) is 0 Å². The fourth-order valence-electron chi connectivity index (χ4n) is 3.02. The van der Waals surface area contributed by atoms with E-state index in [0.717, 1.165) is 31.8 Å². The van der Waals surface area contributed by atoms with Gasteiger partial charge in [0.2, 0.25) is 0 Å². The maximum atomic E-state index is 5.47. The van der Waals surface area contributed by atoms with Gasteiger partial charge in [0.1, 0.15) is 5.75 Å². The normalized spacial score (nSPS) is 22.7. The molecule has 0 saturated carbocycles. The van der Waals surface area contributed by atoms with Crippen molar-refractivity contribution in [2.45, 2.75) is 18.5 Å². The van der Waals surface area contributed by atoms with E-state index in [2.05, 4.69) is 48.4 Å². The van der Waals surface area contributed by atoms with E-state index in [1.54, 1.807) is 7.11 Å². The lowest BCUT2D eigenvalue weighted by atomic mass is 9.96. The molecule has 0 aliphatic carbocycles. The average molecular weight is 277 g/mol. The number of methoxy groups -OCH3 is 1. The van der Waals surface area contributed by atoms with Crippen LogP contribution >= 0.6 is 0 Å². The van der Waals surface area contributed by atoms with Gasteiger partial charge in [-0.1, -0.05) is 18.2 Å². The topological polar surface area (TPSA) is 27.7 Å². The van der Waals surface area contributed by atoms with E-state index in [1.165, 1.54) is 5.56 Å². The van der Waals surface area contributed by atoms with Crippen LogP contribution in [0.15, 0.2) is 24.3 Å². The summed E-state index contributed by atoms with van der Waals surface area (Å²) in [6.07, 6.45) is 0.989. The molecule has 2 atom stereocenters. The first kappa shape index (κ1) is 15.3. The van der Waals surface area contributed by atoms with E-state index in [1.807, 2.05) is 12.1 Å². The third kappa shape index (κ3) is 3.51. The van der Waals surface area contributed by atoms with Gasteiger partial charge >= 0.3 is 0 Å². The van der Waals surface area contributed by atoms with Crippen molar-refractivity contribution < 1.29 is 4.74 Å². The Balaban J connectivity index is 2.11. The van der Waals surface area contributed by atoms with Crippen LogP contribution in [-0.2, 0) is 6.42 Å². The van der Waals surface area contributed by atoms with Crippen molar-refractivity contribution in [3.8, 4) is 5.75 Å². The molecule has 2 unspecified atom stereocenters. The first-order valence-electron chi connectivity index (χ1n) is 7.33. The number of benzene rings is 1. The Hall–Kier alpha value is -1.10. The van der Waals surface area contributed by atoms with Crippen LogP contribution in [0.3, 0.4) is 0 Å². The second-order valence-electron chi connectivity index (χ2n) is 5.72. The third-order valence-electron chi connectivity index (χ3n) is 4.37. The Morgan fingerprint density at radius 3 is 2.75 bits per heavy atom. The summed E-state index contributed by atoms with van der Waals surface area (Å²) >= 11 is 0. The highest BCUT2D eigenvalue weighted by molar-refractivity contribution is 5.34. The lowest BCUT2D eigenvalue weighted by Gasteiger charge is -2.42. The van der Waals surface area contributed by atoms with Crippen LogP contribution in [0.5, 0.6) is 5.75 Å². The highest BCUT2D eigenvalue weighted by atomic mass is 16.5. The third-order valence-corrected chi connectivity index (χ3v) is 4.37. The minimum Gasteiger partial charge on any atom is -0.496 e. The van der Waals surface area contributed by atoms with Crippen LogP contribution in [0.1, 0.15) is 5.56 Å². The molecule has 1 aliphatic heterocycles. The quantitative estimate of drug-likeness (QED) is 0.871. The summed E-state index contributed by atoms with van der Waals surface area (Å²) in [5.74, 6) is 0.986. The van der Waals surface area contributed by atoms with E-state index in [9.17, 15) is 0 Å². The van der Waals surface area contributed by atoms with Crippen molar-refractivity contribution in [1.82, 2.24) is 15.1 Å². The van der Waals surface area contributed by atoms with E-state index >= 15 is 0 Å². The molecule has 0 radical (unpaired) electrons. The van der Waals surface area contributed by atoms with Gasteiger partial charge in [-0.05, 0) is 39.2 Å². The Labute approximate surface area is 122 Å². The van der Waals surface area contributed by atoms with E-state index in [0.29, 0.717) is 12.1 Å². The van der Waals surface area contributed by atoms with Crippen molar-refractivity contribution in [3.63, 3.8) is 0 Å². The van der Waals surface area contributed by atoms with Crippen LogP contribution in [0.4, 0.5) is 0 Å². The minimum atomic E-state index is 0.430. The highest BCUT2D eigenvalue weighted by Gasteiger charge is 2.29. The molecule has 112 valence electrons. The Morgan fingerprint density at radius 1 is 1.30 bits per heavy atom. The van der Waals surface area contributed by atoms with E-state index < -0.39 is 0 Å². The van der Waals surface area contributed by atoms with Crippen LogP contribution in [0.2, 0.25) is 0 Å². The molecule has 0 aromatic heterocycles. The Morgan fingerprint density at radius 2 is 2.05 bits per heavy atom. The number of piperazine rings is 1. The fraction of sp³-hybridized carbons (Fsp3) is 0.625. The minimum absolute atomic E-state index is 0.430. The zero-order valence-electron chi connectivity index (χ0n) is 13.1. The number of rotatable bonds is 5. The van der Waals surface area contributed by atoms with Crippen LogP contribution in [-0.4, -0.2) is 69.8 Å². The number of likely N-dealkylation sites (N-methyl/N-ethyl adjacent to an activating group) is 3. The number of para-hydroxylation sites is 1. The molecule has 1 saturated heterocycles. The van der Waals surface area contributed by atoms with Gasteiger partial charge < -0.3 is 15.0 Å². The molecule has 1 fully saturated rings. The highest BCUT2D eigenvalue weighted by Crippen LogP contribution is 2.21.